The van der Waals surface area contributed by atoms with Crippen LogP contribution in [0.3, 0.4) is 0 Å². The average molecular weight is 326 g/mol. The average Bonchev–Trinajstić information content (AvgIpc) is 2.95. The third-order valence-corrected chi connectivity index (χ3v) is 4.82. The number of aromatic nitrogens is 2. The summed E-state index contributed by atoms with van der Waals surface area (Å²) in [5.74, 6) is 0.735. The van der Waals surface area contributed by atoms with Crippen molar-refractivity contribution in [1.82, 2.24) is 20.0 Å². The van der Waals surface area contributed by atoms with Crippen LogP contribution in [0.25, 0.3) is 0 Å². The van der Waals surface area contributed by atoms with Crippen molar-refractivity contribution in [3.8, 4) is 0 Å². The lowest BCUT2D eigenvalue weighted by atomic mass is 9.79. The fourth-order valence-corrected chi connectivity index (χ4v) is 3.18. The van der Waals surface area contributed by atoms with Crippen LogP contribution in [0, 0.1) is 5.92 Å². The van der Waals surface area contributed by atoms with Crippen LogP contribution >= 0.6 is 0 Å². The van der Waals surface area contributed by atoms with E-state index < -0.39 is 0 Å². The Morgan fingerprint density at radius 1 is 1.38 bits per heavy atom. The predicted molar refractivity (Wildman–Crippen MR) is 94.3 cm³/mol. The molecule has 1 saturated carbocycles. The summed E-state index contributed by atoms with van der Waals surface area (Å²) in [5.41, 5.74) is 2.22. The number of nitrogens with zero attached hydrogens (tertiary/aromatic N) is 3. The minimum atomic E-state index is -0.0352. The van der Waals surface area contributed by atoms with Gasteiger partial charge in [0, 0.05) is 25.9 Å². The van der Waals surface area contributed by atoms with Crippen molar-refractivity contribution in [3.63, 3.8) is 0 Å². The van der Waals surface area contributed by atoms with E-state index in [1.807, 2.05) is 38.5 Å². The molecule has 1 heterocycles. The van der Waals surface area contributed by atoms with Crippen molar-refractivity contribution in [2.45, 2.75) is 38.3 Å². The Kier molecular flexibility index (Phi) is 5.18. The Bertz CT molecular complexity index is 663. The molecule has 2 amide bonds. The van der Waals surface area contributed by atoms with Crippen LogP contribution in [-0.4, -0.2) is 27.8 Å². The maximum atomic E-state index is 12.6. The monoisotopic (exact) mass is 326 g/mol. The lowest BCUT2D eigenvalue weighted by molar-refractivity contribution is 0.195. The molecule has 0 radical (unpaired) electrons. The van der Waals surface area contributed by atoms with Gasteiger partial charge in [-0.2, -0.15) is 5.10 Å². The molecule has 0 aliphatic heterocycles. The van der Waals surface area contributed by atoms with Crippen LogP contribution in [0.5, 0.6) is 0 Å². The smallest absolute Gasteiger partial charge is 0.317 e. The van der Waals surface area contributed by atoms with Gasteiger partial charge in [-0.3, -0.25) is 4.68 Å². The van der Waals surface area contributed by atoms with E-state index in [2.05, 4.69) is 22.5 Å². The topological polar surface area (TPSA) is 50.2 Å². The number of carbonyl (C=O) groups excluding carboxylic acids is 1. The van der Waals surface area contributed by atoms with Crippen LogP contribution < -0.4 is 5.32 Å². The summed E-state index contributed by atoms with van der Waals surface area (Å²) in [6, 6.07) is 10.3. The van der Waals surface area contributed by atoms with Crippen molar-refractivity contribution in [3.05, 3.63) is 53.9 Å². The minimum Gasteiger partial charge on any atom is -0.331 e. The van der Waals surface area contributed by atoms with Gasteiger partial charge in [0.05, 0.1) is 18.8 Å². The Balaban J connectivity index is 1.63. The summed E-state index contributed by atoms with van der Waals surface area (Å²) in [6.07, 6.45) is 8.65. The van der Waals surface area contributed by atoms with Crippen LogP contribution in [-0.2, 0) is 13.6 Å². The number of carbonyl (C=O) groups is 1. The van der Waals surface area contributed by atoms with E-state index in [4.69, 9.17) is 0 Å². The number of amides is 2. The highest BCUT2D eigenvalue weighted by molar-refractivity contribution is 5.74. The maximum Gasteiger partial charge on any atom is 0.317 e. The molecule has 0 saturated heterocycles. The molecule has 1 aromatic carbocycles. The zero-order chi connectivity index (χ0) is 16.9. The first kappa shape index (κ1) is 16.6. The molecule has 2 aromatic rings. The normalized spacial score (nSPS) is 15.6. The molecular formula is C19H26N4O. The SMILES string of the molecule is CN(Cc1cnn(C)c1)C(=O)N[C@H](CC1CCC1)c1ccccc1. The van der Waals surface area contributed by atoms with Gasteiger partial charge >= 0.3 is 6.03 Å². The molecule has 5 heteroatoms. The third-order valence-electron chi connectivity index (χ3n) is 4.82. The molecule has 3 rings (SSSR count). The second-order valence-electron chi connectivity index (χ2n) is 6.82. The van der Waals surface area contributed by atoms with Gasteiger partial charge in [-0.15, -0.1) is 0 Å². The van der Waals surface area contributed by atoms with Crippen LogP contribution in [0.1, 0.15) is 42.9 Å². The summed E-state index contributed by atoms with van der Waals surface area (Å²) < 4.78 is 1.75. The first-order valence-corrected chi connectivity index (χ1v) is 8.66. The molecule has 128 valence electrons. The Morgan fingerprint density at radius 2 is 2.12 bits per heavy atom. The van der Waals surface area contributed by atoms with Crippen molar-refractivity contribution in [2.75, 3.05) is 7.05 Å². The third kappa shape index (κ3) is 4.16. The standard InChI is InChI=1S/C19H26N4O/c1-22(13-16-12-20-23(2)14-16)19(24)21-18(11-15-7-6-8-15)17-9-4-3-5-10-17/h3-5,9-10,12,14-15,18H,6-8,11,13H2,1-2H3,(H,21,24)/t18-/m1/s1. The second kappa shape index (κ2) is 7.51. The zero-order valence-electron chi connectivity index (χ0n) is 14.5. The van der Waals surface area contributed by atoms with Gasteiger partial charge in [0.25, 0.3) is 0 Å². The molecule has 5 nitrogen and oxygen atoms in total. The van der Waals surface area contributed by atoms with E-state index in [-0.39, 0.29) is 12.1 Å². The molecule has 1 fully saturated rings. The van der Waals surface area contributed by atoms with E-state index in [1.54, 1.807) is 15.8 Å². The van der Waals surface area contributed by atoms with E-state index in [0.29, 0.717) is 6.54 Å². The highest BCUT2D eigenvalue weighted by atomic mass is 16.2. The quantitative estimate of drug-likeness (QED) is 0.883. The molecule has 0 bridgehead atoms. The summed E-state index contributed by atoms with van der Waals surface area (Å²) in [7, 11) is 3.71. The van der Waals surface area contributed by atoms with Crippen molar-refractivity contribution in [2.24, 2.45) is 13.0 Å². The maximum absolute atomic E-state index is 12.6. The fraction of sp³-hybridized carbons (Fsp3) is 0.474. The molecule has 0 spiro atoms. The lowest BCUT2D eigenvalue weighted by Gasteiger charge is -2.31. The van der Waals surface area contributed by atoms with Crippen molar-refractivity contribution >= 4 is 6.03 Å². The fourth-order valence-electron chi connectivity index (χ4n) is 3.18. The van der Waals surface area contributed by atoms with Crippen molar-refractivity contribution in [1.29, 1.82) is 0 Å². The number of rotatable bonds is 6. The van der Waals surface area contributed by atoms with Gasteiger partial charge in [-0.1, -0.05) is 49.6 Å². The number of hydrogen-bond acceptors (Lipinski definition) is 2. The molecule has 1 N–H and O–H groups in total. The molecule has 1 aliphatic carbocycles. The van der Waals surface area contributed by atoms with Crippen LogP contribution in [0.15, 0.2) is 42.7 Å². The Labute approximate surface area is 143 Å². The minimum absolute atomic E-state index is 0.0352. The molecular weight excluding hydrogens is 300 g/mol. The Morgan fingerprint density at radius 3 is 2.71 bits per heavy atom. The lowest BCUT2D eigenvalue weighted by Crippen LogP contribution is -2.40. The van der Waals surface area contributed by atoms with Crippen LogP contribution in [0.2, 0.25) is 0 Å². The van der Waals surface area contributed by atoms with Crippen LogP contribution in [0.4, 0.5) is 4.79 Å². The molecule has 1 aliphatic rings. The Hall–Kier alpha value is -2.30. The summed E-state index contributed by atoms with van der Waals surface area (Å²) >= 11 is 0. The highest BCUT2D eigenvalue weighted by Crippen LogP contribution is 2.34. The van der Waals surface area contributed by atoms with Gasteiger partial charge in [0.1, 0.15) is 0 Å². The summed E-state index contributed by atoms with van der Waals surface area (Å²) in [4.78, 5) is 14.3. The first-order valence-electron chi connectivity index (χ1n) is 8.66. The zero-order valence-corrected chi connectivity index (χ0v) is 14.5. The van der Waals surface area contributed by atoms with Gasteiger partial charge in [0.2, 0.25) is 0 Å². The highest BCUT2D eigenvalue weighted by Gasteiger charge is 2.25. The second-order valence-corrected chi connectivity index (χ2v) is 6.82. The van der Waals surface area contributed by atoms with Gasteiger partial charge in [-0.05, 0) is 17.9 Å². The number of hydrogen-bond donors (Lipinski definition) is 1. The molecule has 24 heavy (non-hydrogen) atoms. The predicted octanol–water partition coefficient (Wildman–Crippen LogP) is 3.49. The van der Waals surface area contributed by atoms with E-state index in [1.165, 1.54) is 24.8 Å². The van der Waals surface area contributed by atoms with E-state index in [9.17, 15) is 4.79 Å². The van der Waals surface area contributed by atoms with Gasteiger partial charge < -0.3 is 10.2 Å². The number of benzene rings is 1. The number of nitrogens with one attached hydrogen (secondary N) is 1. The largest absolute Gasteiger partial charge is 0.331 e. The summed E-state index contributed by atoms with van der Waals surface area (Å²) in [5, 5.41) is 7.37. The molecule has 0 unspecified atom stereocenters. The number of aryl methyl sites for hydroxylation is 1. The van der Waals surface area contributed by atoms with Crippen molar-refractivity contribution < 1.29 is 4.79 Å². The van der Waals surface area contributed by atoms with E-state index >= 15 is 0 Å². The summed E-state index contributed by atoms with van der Waals surface area (Å²) in [6.45, 7) is 0.560. The van der Waals surface area contributed by atoms with Gasteiger partial charge in [-0.25, -0.2) is 4.79 Å². The van der Waals surface area contributed by atoms with Gasteiger partial charge in [0.15, 0.2) is 0 Å². The number of urea groups is 1. The first-order chi connectivity index (χ1) is 11.6. The molecule has 1 atom stereocenters. The molecule has 1 aromatic heterocycles. The van der Waals surface area contributed by atoms with E-state index in [0.717, 1.165) is 17.9 Å².